The summed E-state index contributed by atoms with van der Waals surface area (Å²) in [6.07, 6.45) is 15.4. The van der Waals surface area contributed by atoms with Crippen LogP contribution in [0.2, 0.25) is 0 Å². The highest BCUT2D eigenvalue weighted by molar-refractivity contribution is 5.68. The summed E-state index contributed by atoms with van der Waals surface area (Å²) >= 11 is 0. The maximum absolute atomic E-state index is 11.5. The molecule has 0 radical (unpaired) electrons. The first-order valence-corrected chi connectivity index (χ1v) is 14.3. The highest BCUT2D eigenvalue weighted by Crippen LogP contribution is 2.68. The van der Waals surface area contributed by atoms with Gasteiger partial charge in [-0.3, -0.25) is 4.79 Å². The molecule has 0 aromatic carbocycles. The fourth-order valence-corrected chi connectivity index (χ4v) is 9.49. The molecular weight excluding hydrogens is 424 g/mol. The lowest BCUT2D eigenvalue weighted by molar-refractivity contribution is -0.144. The van der Waals surface area contributed by atoms with Crippen LogP contribution in [0, 0.1) is 52.3 Å². The number of carbonyl (C=O) groups is 1. The lowest BCUT2D eigenvalue weighted by Gasteiger charge is -2.59. The molecule has 3 saturated carbocycles. The average Bonchev–Trinajstić information content (AvgIpc) is 3.29. The molecule has 4 fully saturated rings. The third kappa shape index (κ3) is 3.99. The number of esters is 1. The van der Waals surface area contributed by atoms with Gasteiger partial charge in [-0.1, -0.05) is 46.8 Å². The molecule has 0 bridgehead atoms. The van der Waals surface area contributed by atoms with Crippen LogP contribution in [0.1, 0.15) is 92.4 Å². The van der Waals surface area contributed by atoms with Gasteiger partial charge < -0.3 is 14.6 Å². The zero-order valence-corrected chi connectivity index (χ0v) is 22.2. The van der Waals surface area contributed by atoms with Crippen molar-refractivity contribution < 1.29 is 19.4 Å². The third-order valence-corrected chi connectivity index (χ3v) is 11.5. The number of carbonyl (C=O) groups excluding carboxylic acids is 1. The predicted octanol–water partition coefficient (Wildman–Crippen LogP) is 6.17. The van der Waals surface area contributed by atoms with Crippen molar-refractivity contribution in [3.63, 3.8) is 0 Å². The minimum atomic E-state index is -0.105. The van der Waals surface area contributed by atoms with Gasteiger partial charge in [0.1, 0.15) is 0 Å². The number of ether oxygens (including phenoxy) is 2. The maximum Gasteiger partial charge on any atom is 0.305 e. The fraction of sp³-hybridized carbons (Fsp3) is 0.900. The van der Waals surface area contributed by atoms with Gasteiger partial charge in [0.15, 0.2) is 0 Å². The first-order valence-electron chi connectivity index (χ1n) is 14.3. The minimum absolute atomic E-state index is 0.0946. The molecule has 1 N–H and O–H groups in total. The van der Waals surface area contributed by atoms with Gasteiger partial charge in [-0.25, -0.2) is 0 Å². The summed E-state index contributed by atoms with van der Waals surface area (Å²) in [5, 5.41) is 10.3. The number of fused-ring (bicyclic) bond motifs is 7. The Balaban J connectivity index is 1.24. The summed E-state index contributed by atoms with van der Waals surface area (Å²) in [7, 11) is 0. The zero-order chi connectivity index (χ0) is 24.3. The first-order chi connectivity index (χ1) is 16.2. The van der Waals surface area contributed by atoms with E-state index in [4.69, 9.17) is 9.47 Å². The normalized spacial score (nSPS) is 50.1. The molecule has 4 aliphatic carbocycles. The molecule has 1 aliphatic heterocycles. The maximum atomic E-state index is 11.5. The summed E-state index contributed by atoms with van der Waals surface area (Å²) in [6.45, 7) is 12.2. The summed E-state index contributed by atoms with van der Waals surface area (Å²) in [5.74, 6) is 4.31. The molecule has 0 aromatic rings. The number of aliphatic hydroxyl groups excluding tert-OH is 1. The molecule has 1 unspecified atom stereocenters. The predicted molar refractivity (Wildman–Crippen MR) is 134 cm³/mol. The van der Waals surface area contributed by atoms with Gasteiger partial charge in [-0.2, -0.15) is 0 Å². The van der Waals surface area contributed by atoms with E-state index < -0.39 is 0 Å². The van der Waals surface area contributed by atoms with E-state index in [9.17, 15) is 9.90 Å². The fourth-order valence-electron chi connectivity index (χ4n) is 9.49. The number of allylic oxidation sites excluding steroid dienone is 2. The summed E-state index contributed by atoms with van der Waals surface area (Å²) in [5.41, 5.74) is 0.744. The second-order valence-corrected chi connectivity index (χ2v) is 13.3. The number of hydrogen-bond donors (Lipinski definition) is 1. The van der Waals surface area contributed by atoms with Gasteiger partial charge in [0.05, 0.1) is 24.9 Å². The second-order valence-electron chi connectivity index (χ2n) is 13.3. The van der Waals surface area contributed by atoms with Crippen LogP contribution in [-0.2, 0) is 14.3 Å². The van der Waals surface area contributed by atoms with Crippen LogP contribution in [0.15, 0.2) is 12.2 Å². The van der Waals surface area contributed by atoms with Gasteiger partial charge in [0, 0.05) is 6.42 Å². The molecule has 12 atom stereocenters. The Morgan fingerprint density at radius 3 is 2.68 bits per heavy atom. The van der Waals surface area contributed by atoms with Crippen molar-refractivity contribution in [2.24, 2.45) is 52.3 Å². The van der Waals surface area contributed by atoms with Crippen LogP contribution in [0.5, 0.6) is 0 Å². The van der Waals surface area contributed by atoms with E-state index in [-0.39, 0.29) is 12.1 Å². The third-order valence-electron chi connectivity index (χ3n) is 11.5. The Kier molecular flexibility index (Phi) is 6.72. The van der Waals surface area contributed by atoms with Crippen LogP contribution in [-0.4, -0.2) is 36.0 Å². The Hall–Kier alpha value is -0.870. The molecule has 0 amide bonds. The van der Waals surface area contributed by atoms with Crippen molar-refractivity contribution in [1.29, 1.82) is 0 Å². The molecule has 5 aliphatic rings. The van der Waals surface area contributed by atoms with E-state index in [1.165, 1.54) is 25.7 Å². The van der Waals surface area contributed by atoms with Crippen LogP contribution >= 0.6 is 0 Å². The lowest BCUT2D eigenvalue weighted by Crippen LogP contribution is -2.52. The van der Waals surface area contributed by atoms with Crippen molar-refractivity contribution in [2.45, 2.75) is 111 Å². The van der Waals surface area contributed by atoms with Crippen LogP contribution in [0.4, 0.5) is 0 Å². The van der Waals surface area contributed by atoms with E-state index in [0.717, 1.165) is 37.5 Å². The van der Waals surface area contributed by atoms with Gasteiger partial charge >= 0.3 is 5.97 Å². The smallest absolute Gasteiger partial charge is 0.305 e. The SMILES string of the molecule is CCC(=O)OC[C@H](C)CC[C@H]1O[C@H]2C[C@H]3[C@@H]4C=CC5C[C@@H](O)CC[C@]5(C)[C@H]4CC[C@]3(C)[C@H]2[C@@H]1C. The topological polar surface area (TPSA) is 55.8 Å². The highest BCUT2D eigenvalue weighted by atomic mass is 16.5. The molecule has 4 nitrogen and oxygen atoms in total. The van der Waals surface area contributed by atoms with E-state index >= 15 is 0 Å². The standard InChI is InChI=1S/C30H48O4/c1-6-27(32)33-17-18(2)7-10-25-19(3)28-26(34-25)16-24-22-9-8-20-15-21(31)11-13-29(20,4)23(22)12-14-30(24,28)5/h8-9,18-26,28,31H,6-7,10-17H2,1-5H3/t18-,19-,20?,21+,22-,23+,24+,25-,26+,28+,29+,30+/m1/s1. The molecule has 1 heterocycles. The van der Waals surface area contributed by atoms with Gasteiger partial charge in [0.25, 0.3) is 0 Å². The number of hydrogen-bond acceptors (Lipinski definition) is 4. The monoisotopic (exact) mass is 472 g/mol. The molecule has 5 rings (SSSR count). The summed E-state index contributed by atoms with van der Waals surface area (Å²) < 4.78 is 12.2. The van der Waals surface area contributed by atoms with Crippen LogP contribution in [0.25, 0.3) is 0 Å². The van der Waals surface area contributed by atoms with Crippen molar-refractivity contribution in [2.75, 3.05) is 6.61 Å². The molecule has 4 heteroatoms. The molecule has 34 heavy (non-hydrogen) atoms. The Labute approximate surface area is 207 Å². The summed E-state index contributed by atoms with van der Waals surface area (Å²) in [6, 6.07) is 0. The zero-order valence-electron chi connectivity index (χ0n) is 22.2. The Morgan fingerprint density at radius 2 is 1.91 bits per heavy atom. The molecule has 0 spiro atoms. The van der Waals surface area contributed by atoms with Gasteiger partial charge in [-0.15, -0.1) is 0 Å². The molecule has 192 valence electrons. The van der Waals surface area contributed by atoms with E-state index in [1.54, 1.807) is 0 Å². The number of rotatable bonds is 6. The van der Waals surface area contributed by atoms with E-state index in [1.807, 2.05) is 6.92 Å². The first kappa shape index (κ1) is 24.8. The Morgan fingerprint density at radius 1 is 1.15 bits per heavy atom. The van der Waals surface area contributed by atoms with Gasteiger partial charge in [0.2, 0.25) is 0 Å². The second kappa shape index (κ2) is 9.21. The molecular formula is C30H48O4. The van der Waals surface area contributed by atoms with Crippen LogP contribution in [0.3, 0.4) is 0 Å². The quantitative estimate of drug-likeness (QED) is 0.371. The van der Waals surface area contributed by atoms with Gasteiger partial charge in [-0.05, 0) is 104 Å². The van der Waals surface area contributed by atoms with Crippen molar-refractivity contribution >= 4 is 5.97 Å². The Bertz CT molecular complexity index is 793. The average molecular weight is 473 g/mol. The molecule has 0 aromatic heterocycles. The summed E-state index contributed by atoms with van der Waals surface area (Å²) in [4.78, 5) is 11.5. The van der Waals surface area contributed by atoms with Crippen molar-refractivity contribution in [3.8, 4) is 0 Å². The minimum Gasteiger partial charge on any atom is -0.465 e. The highest BCUT2D eigenvalue weighted by Gasteiger charge is 2.65. The van der Waals surface area contributed by atoms with Crippen molar-refractivity contribution in [1.82, 2.24) is 0 Å². The number of aliphatic hydroxyl groups is 1. The van der Waals surface area contributed by atoms with Crippen LogP contribution < -0.4 is 0 Å². The molecule has 1 saturated heterocycles. The largest absolute Gasteiger partial charge is 0.465 e. The van der Waals surface area contributed by atoms with E-state index in [2.05, 4.69) is 39.8 Å². The van der Waals surface area contributed by atoms with E-state index in [0.29, 0.717) is 65.7 Å². The van der Waals surface area contributed by atoms with Crippen molar-refractivity contribution in [3.05, 3.63) is 12.2 Å². The lowest BCUT2D eigenvalue weighted by atomic mass is 9.46.